The number of rotatable bonds is 5. The third kappa shape index (κ3) is 3.28. The van der Waals surface area contributed by atoms with Crippen LogP contribution in [0.5, 0.6) is 0 Å². The Labute approximate surface area is 197 Å². The molecule has 2 heteroatoms. The Morgan fingerprint density at radius 3 is 2.53 bits per heavy atom. The van der Waals surface area contributed by atoms with Crippen LogP contribution in [0.25, 0.3) is 0 Å². The van der Waals surface area contributed by atoms with E-state index < -0.39 is 0 Å². The van der Waals surface area contributed by atoms with Gasteiger partial charge in [-0.1, -0.05) is 65.5 Å². The molecule has 0 saturated heterocycles. The first-order valence-corrected chi connectivity index (χ1v) is 14.0. The molecule has 0 aromatic carbocycles. The van der Waals surface area contributed by atoms with Crippen LogP contribution in [0.15, 0.2) is 11.6 Å². The van der Waals surface area contributed by atoms with Crippen LogP contribution in [0.4, 0.5) is 0 Å². The zero-order valence-electron chi connectivity index (χ0n) is 21.7. The lowest BCUT2D eigenvalue weighted by molar-refractivity contribution is -0.160. The van der Waals surface area contributed by atoms with Crippen molar-refractivity contribution < 1.29 is 9.53 Å². The molecule has 5 aliphatic rings. The Morgan fingerprint density at radius 2 is 1.81 bits per heavy atom. The lowest BCUT2D eigenvalue weighted by atomic mass is 9.40. The molecular formula is C30H48O2. The minimum atomic E-state index is -0.120. The Balaban J connectivity index is 1.33. The van der Waals surface area contributed by atoms with Gasteiger partial charge in [0.15, 0.2) is 0 Å². The van der Waals surface area contributed by atoms with Gasteiger partial charge in [-0.05, 0) is 97.7 Å². The lowest BCUT2D eigenvalue weighted by Gasteiger charge is -2.65. The van der Waals surface area contributed by atoms with Crippen LogP contribution in [0.1, 0.15) is 112 Å². The second-order valence-electron chi connectivity index (χ2n) is 13.8. The summed E-state index contributed by atoms with van der Waals surface area (Å²) in [5.41, 5.74) is 2.61. The molecule has 0 bridgehead atoms. The van der Waals surface area contributed by atoms with E-state index in [1.165, 1.54) is 57.8 Å². The number of hydrogen-bond acceptors (Lipinski definition) is 2. The minimum Gasteiger partial charge on any atom is -0.462 e. The zero-order chi connectivity index (χ0) is 22.9. The maximum atomic E-state index is 11.7. The monoisotopic (exact) mass is 440 g/mol. The lowest BCUT2D eigenvalue weighted by Crippen LogP contribution is -2.58. The Hall–Kier alpha value is -0.790. The topological polar surface area (TPSA) is 26.3 Å². The Kier molecular flexibility index (Phi) is 5.65. The van der Waals surface area contributed by atoms with Crippen LogP contribution in [0.3, 0.4) is 0 Å². The molecule has 5 rings (SSSR count). The van der Waals surface area contributed by atoms with Crippen LogP contribution in [0, 0.1) is 51.8 Å². The molecule has 0 aliphatic heterocycles. The van der Waals surface area contributed by atoms with Crippen LogP contribution < -0.4 is 0 Å². The van der Waals surface area contributed by atoms with Gasteiger partial charge in [0.05, 0.1) is 0 Å². The van der Waals surface area contributed by atoms with Crippen molar-refractivity contribution in [3.05, 3.63) is 11.6 Å². The predicted molar refractivity (Wildman–Crippen MR) is 131 cm³/mol. The van der Waals surface area contributed by atoms with Crippen molar-refractivity contribution in [1.82, 2.24) is 0 Å². The van der Waals surface area contributed by atoms with Gasteiger partial charge >= 0.3 is 5.97 Å². The highest BCUT2D eigenvalue weighted by molar-refractivity contribution is 5.66. The molecule has 32 heavy (non-hydrogen) atoms. The van der Waals surface area contributed by atoms with Crippen molar-refractivity contribution in [2.75, 3.05) is 0 Å². The summed E-state index contributed by atoms with van der Waals surface area (Å²) in [6.07, 6.45) is 18.1. The van der Waals surface area contributed by atoms with Crippen LogP contribution in [-0.2, 0) is 9.53 Å². The van der Waals surface area contributed by atoms with Gasteiger partial charge in [0.25, 0.3) is 0 Å². The number of allylic oxidation sites excluding steroid dienone is 1. The molecule has 2 nitrogen and oxygen atoms in total. The van der Waals surface area contributed by atoms with E-state index in [2.05, 4.69) is 40.7 Å². The smallest absolute Gasteiger partial charge is 0.302 e. The molecule has 5 aliphatic carbocycles. The third-order valence-electron chi connectivity index (χ3n) is 11.5. The summed E-state index contributed by atoms with van der Waals surface area (Å²) in [6.45, 7) is 13.6. The third-order valence-corrected chi connectivity index (χ3v) is 11.5. The molecule has 0 amide bonds. The SMILES string of the molecule is CC(=O)OC1CCC2(C)C(=CCC3C2CCC24CC(CCCC(C)C)C2CCC34)C1(C)C. The number of carbonyl (C=O) groups excluding carboxylic acids is 1. The Bertz CT molecular complexity index is 778. The first-order valence-electron chi connectivity index (χ1n) is 14.0. The maximum absolute atomic E-state index is 11.7. The van der Waals surface area contributed by atoms with E-state index >= 15 is 0 Å². The standard InChI is InChI=1S/C30H48O2/c1-19(2)8-7-9-21-18-30-17-14-24-22(25(30)12-11-23(21)30)10-13-26-28(4,5)27(32-20(3)31)15-16-29(24,26)6/h13,19,21-25,27H,7-12,14-18H2,1-6H3. The van der Waals surface area contributed by atoms with E-state index in [-0.39, 0.29) is 17.5 Å². The highest BCUT2D eigenvalue weighted by Crippen LogP contribution is 2.74. The fourth-order valence-electron chi connectivity index (χ4n) is 10.3. The largest absolute Gasteiger partial charge is 0.462 e. The molecule has 0 radical (unpaired) electrons. The van der Waals surface area contributed by atoms with Gasteiger partial charge in [-0.15, -0.1) is 0 Å². The zero-order valence-corrected chi connectivity index (χ0v) is 21.7. The van der Waals surface area contributed by atoms with Gasteiger partial charge in [0.1, 0.15) is 6.10 Å². The van der Waals surface area contributed by atoms with E-state index in [0.29, 0.717) is 5.41 Å². The van der Waals surface area contributed by atoms with E-state index in [9.17, 15) is 4.79 Å². The predicted octanol–water partition coefficient (Wildman–Crippen LogP) is 7.96. The summed E-state index contributed by atoms with van der Waals surface area (Å²) >= 11 is 0. The Morgan fingerprint density at radius 1 is 1.06 bits per heavy atom. The van der Waals surface area contributed by atoms with Gasteiger partial charge in [0.2, 0.25) is 0 Å². The average Bonchev–Trinajstić information content (AvgIpc) is 2.99. The molecule has 1 spiro atoms. The molecule has 0 aromatic rings. The second kappa shape index (κ2) is 7.88. The fourth-order valence-corrected chi connectivity index (χ4v) is 10.3. The van der Waals surface area contributed by atoms with Gasteiger partial charge in [-0.3, -0.25) is 4.79 Å². The highest BCUT2D eigenvalue weighted by Gasteiger charge is 2.67. The number of carbonyl (C=O) groups is 1. The van der Waals surface area contributed by atoms with Crippen molar-refractivity contribution in [3.8, 4) is 0 Å². The molecule has 4 fully saturated rings. The fraction of sp³-hybridized carbons (Fsp3) is 0.900. The first kappa shape index (κ1) is 23.0. The van der Waals surface area contributed by atoms with Crippen molar-refractivity contribution in [2.45, 2.75) is 118 Å². The van der Waals surface area contributed by atoms with E-state index in [4.69, 9.17) is 4.74 Å². The normalized spacial score (nSPS) is 46.3. The van der Waals surface area contributed by atoms with E-state index in [1.54, 1.807) is 18.9 Å². The van der Waals surface area contributed by atoms with Crippen LogP contribution >= 0.6 is 0 Å². The van der Waals surface area contributed by atoms with Gasteiger partial charge in [0, 0.05) is 12.3 Å². The summed E-state index contributed by atoms with van der Waals surface area (Å²) in [5, 5.41) is 0. The van der Waals surface area contributed by atoms with Crippen molar-refractivity contribution in [3.63, 3.8) is 0 Å². The summed E-state index contributed by atoms with van der Waals surface area (Å²) in [7, 11) is 0. The van der Waals surface area contributed by atoms with Gasteiger partial charge < -0.3 is 4.74 Å². The number of ether oxygens (including phenoxy) is 1. The van der Waals surface area contributed by atoms with Crippen LogP contribution in [-0.4, -0.2) is 12.1 Å². The molecule has 8 atom stereocenters. The summed E-state index contributed by atoms with van der Waals surface area (Å²) in [6, 6.07) is 0. The van der Waals surface area contributed by atoms with Crippen molar-refractivity contribution in [2.24, 2.45) is 51.8 Å². The number of fused-ring (bicyclic) bond motifs is 4. The van der Waals surface area contributed by atoms with Gasteiger partial charge in [-0.25, -0.2) is 0 Å². The molecule has 0 N–H and O–H groups in total. The minimum absolute atomic E-state index is 0.0328. The molecule has 180 valence electrons. The van der Waals surface area contributed by atoms with E-state index in [1.807, 2.05) is 0 Å². The quantitative estimate of drug-likeness (QED) is 0.320. The second-order valence-corrected chi connectivity index (χ2v) is 13.8. The highest BCUT2D eigenvalue weighted by atomic mass is 16.5. The van der Waals surface area contributed by atoms with Crippen LogP contribution in [0.2, 0.25) is 0 Å². The molecule has 4 saturated carbocycles. The molecule has 0 aromatic heterocycles. The van der Waals surface area contributed by atoms with E-state index in [0.717, 1.165) is 47.3 Å². The van der Waals surface area contributed by atoms with Crippen molar-refractivity contribution >= 4 is 5.97 Å². The number of esters is 1. The number of hydrogen-bond donors (Lipinski definition) is 0. The summed E-state index contributed by atoms with van der Waals surface area (Å²) < 4.78 is 5.82. The average molecular weight is 441 g/mol. The molecule has 0 heterocycles. The summed E-state index contributed by atoms with van der Waals surface area (Å²) in [4.78, 5) is 11.7. The first-order chi connectivity index (χ1) is 15.1. The summed E-state index contributed by atoms with van der Waals surface area (Å²) in [5.74, 6) is 5.56. The van der Waals surface area contributed by atoms with Gasteiger partial charge in [-0.2, -0.15) is 0 Å². The maximum Gasteiger partial charge on any atom is 0.302 e. The molecular weight excluding hydrogens is 392 g/mol. The molecule has 8 unspecified atom stereocenters. The van der Waals surface area contributed by atoms with Crippen molar-refractivity contribution in [1.29, 1.82) is 0 Å².